The van der Waals surface area contributed by atoms with Gasteiger partial charge >= 0.3 is 6.36 Å². The number of rotatable bonds is 5. The summed E-state index contributed by atoms with van der Waals surface area (Å²) in [7, 11) is 0. The number of likely N-dealkylation sites (tertiary alicyclic amines) is 1. The molecule has 2 aromatic carbocycles. The summed E-state index contributed by atoms with van der Waals surface area (Å²) in [6.45, 7) is 2.32. The summed E-state index contributed by atoms with van der Waals surface area (Å²) in [5.74, 6) is -0.788. The van der Waals surface area contributed by atoms with Crippen molar-refractivity contribution in [2.24, 2.45) is 0 Å². The summed E-state index contributed by atoms with van der Waals surface area (Å²) in [4.78, 5) is 26.4. The lowest BCUT2D eigenvalue weighted by molar-refractivity contribution is -0.274. The Bertz CT molecular complexity index is 1000. The smallest absolute Gasteiger partial charge is 0.406 e. The predicted octanol–water partition coefficient (Wildman–Crippen LogP) is 3.86. The van der Waals surface area contributed by atoms with Crippen LogP contribution in [0.25, 0.3) is 0 Å². The van der Waals surface area contributed by atoms with E-state index in [2.05, 4.69) is 32.4 Å². The molecule has 1 fully saturated rings. The van der Waals surface area contributed by atoms with Gasteiger partial charge in [-0.15, -0.1) is 13.2 Å². The molecule has 0 aliphatic carbocycles. The molecular weight excluding hydrogens is 423 g/mol. The number of anilines is 1. The van der Waals surface area contributed by atoms with Crippen molar-refractivity contribution >= 4 is 17.5 Å². The van der Waals surface area contributed by atoms with Gasteiger partial charge in [-0.3, -0.25) is 14.5 Å². The topological polar surface area (TPSA) is 70.7 Å². The van der Waals surface area contributed by atoms with Crippen LogP contribution in [0.5, 0.6) is 5.75 Å². The maximum absolute atomic E-state index is 12.5. The molecule has 2 N–H and O–H groups in total. The van der Waals surface area contributed by atoms with E-state index in [1.54, 1.807) is 0 Å². The lowest BCUT2D eigenvalue weighted by atomic mass is 9.99. The largest absolute Gasteiger partial charge is 0.573 e. The molecule has 1 saturated heterocycles. The number of nitrogens with one attached hydrogen (secondary N) is 2. The van der Waals surface area contributed by atoms with Crippen LogP contribution >= 0.6 is 0 Å². The fourth-order valence-corrected chi connectivity index (χ4v) is 4.11. The predicted molar refractivity (Wildman–Crippen MR) is 112 cm³/mol. The van der Waals surface area contributed by atoms with Crippen molar-refractivity contribution in [1.29, 1.82) is 0 Å². The Hall–Kier alpha value is -3.07. The number of halogens is 3. The van der Waals surface area contributed by atoms with E-state index in [0.29, 0.717) is 6.42 Å². The molecule has 4 rings (SSSR count). The van der Waals surface area contributed by atoms with Gasteiger partial charge in [-0.05, 0) is 54.7 Å². The maximum atomic E-state index is 12.5. The molecular formula is C23H24F3N3O3. The van der Waals surface area contributed by atoms with E-state index < -0.39 is 18.0 Å². The van der Waals surface area contributed by atoms with E-state index in [9.17, 15) is 22.8 Å². The quantitative estimate of drug-likeness (QED) is 0.730. The van der Waals surface area contributed by atoms with Gasteiger partial charge in [0.25, 0.3) is 5.91 Å². The number of piperidine rings is 1. The van der Waals surface area contributed by atoms with Crippen molar-refractivity contribution in [3.05, 3.63) is 59.2 Å². The second kappa shape index (κ2) is 9.20. The van der Waals surface area contributed by atoms with Crippen LogP contribution < -0.4 is 15.4 Å². The lowest BCUT2D eigenvalue weighted by Crippen LogP contribution is -2.44. The number of amides is 2. The first kappa shape index (κ1) is 22.1. The summed E-state index contributed by atoms with van der Waals surface area (Å²) >= 11 is 0. The van der Waals surface area contributed by atoms with Gasteiger partial charge in [0, 0.05) is 43.3 Å². The number of carbonyl (C=O) groups excluding carboxylic acids is 2. The minimum atomic E-state index is -4.80. The van der Waals surface area contributed by atoms with Gasteiger partial charge in [-0.25, -0.2) is 0 Å². The Kier molecular flexibility index (Phi) is 6.36. The lowest BCUT2D eigenvalue weighted by Gasteiger charge is -2.32. The molecule has 0 saturated carbocycles. The third kappa shape index (κ3) is 5.79. The SMILES string of the molecule is O=C1CCc2ccc(CN3CCC(NC(=O)c4cccc(OC(F)(F)F)c4)CC3)cc2N1. The monoisotopic (exact) mass is 447 g/mol. The van der Waals surface area contributed by atoms with Crippen molar-refractivity contribution < 1.29 is 27.5 Å². The summed E-state index contributed by atoms with van der Waals surface area (Å²) in [6.07, 6.45) is -2.03. The van der Waals surface area contributed by atoms with Gasteiger partial charge in [0.2, 0.25) is 5.91 Å². The van der Waals surface area contributed by atoms with Crippen LogP contribution in [0.2, 0.25) is 0 Å². The average Bonchev–Trinajstić information content (AvgIpc) is 2.74. The Labute approximate surface area is 183 Å². The highest BCUT2D eigenvalue weighted by molar-refractivity contribution is 5.95. The second-order valence-electron chi connectivity index (χ2n) is 8.14. The van der Waals surface area contributed by atoms with Crippen LogP contribution in [0.15, 0.2) is 42.5 Å². The molecule has 170 valence electrons. The number of alkyl halides is 3. The standard InChI is InChI=1S/C23H24F3N3O3/c24-23(25,26)32-19-3-1-2-17(13-19)22(31)27-18-8-10-29(11-9-18)14-15-4-5-16-6-7-21(30)28-20(16)12-15/h1-5,12-13,18H,6-11,14H2,(H,27,31)(H,28,30). The number of aryl methyl sites for hydroxylation is 1. The third-order valence-electron chi connectivity index (χ3n) is 5.73. The summed E-state index contributed by atoms with van der Waals surface area (Å²) in [5, 5.41) is 5.83. The van der Waals surface area contributed by atoms with Crippen LogP contribution in [-0.2, 0) is 17.8 Å². The van der Waals surface area contributed by atoms with Gasteiger partial charge < -0.3 is 15.4 Å². The molecule has 2 aromatic rings. The molecule has 32 heavy (non-hydrogen) atoms. The van der Waals surface area contributed by atoms with E-state index in [1.807, 2.05) is 6.07 Å². The maximum Gasteiger partial charge on any atom is 0.573 e. The fraction of sp³-hybridized carbons (Fsp3) is 0.391. The summed E-state index contributed by atoms with van der Waals surface area (Å²) in [5.41, 5.74) is 3.29. The molecule has 2 aliphatic rings. The average molecular weight is 447 g/mol. The molecule has 0 radical (unpaired) electrons. The Morgan fingerprint density at radius 3 is 2.66 bits per heavy atom. The zero-order valence-corrected chi connectivity index (χ0v) is 17.4. The molecule has 2 aliphatic heterocycles. The molecule has 9 heteroatoms. The Morgan fingerprint density at radius 1 is 1.12 bits per heavy atom. The van der Waals surface area contributed by atoms with E-state index in [1.165, 1.54) is 12.1 Å². The first-order chi connectivity index (χ1) is 15.2. The highest BCUT2D eigenvalue weighted by Gasteiger charge is 2.31. The van der Waals surface area contributed by atoms with Crippen molar-refractivity contribution in [3.8, 4) is 5.75 Å². The van der Waals surface area contributed by atoms with Crippen LogP contribution in [-0.4, -0.2) is 42.2 Å². The van der Waals surface area contributed by atoms with Crippen LogP contribution in [0.1, 0.15) is 40.7 Å². The number of fused-ring (bicyclic) bond motifs is 1. The van der Waals surface area contributed by atoms with Crippen molar-refractivity contribution in [2.75, 3.05) is 18.4 Å². The van der Waals surface area contributed by atoms with Crippen LogP contribution in [0.4, 0.5) is 18.9 Å². The van der Waals surface area contributed by atoms with E-state index in [4.69, 9.17) is 0 Å². The zero-order valence-electron chi connectivity index (χ0n) is 17.4. The van der Waals surface area contributed by atoms with Gasteiger partial charge in [-0.2, -0.15) is 0 Å². The molecule has 2 heterocycles. The number of nitrogens with zero attached hydrogens (tertiary/aromatic N) is 1. The normalized spacial score (nSPS) is 17.4. The number of carbonyl (C=O) groups is 2. The first-order valence-electron chi connectivity index (χ1n) is 10.6. The highest BCUT2D eigenvalue weighted by Crippen LogP contribution is 2.26. The Balaban J connectivity index is 1.28. The van der Waals surface area contributed by atoms with Gasteiger partial charge in [0.1, 0.15) is 5.75 Å². The second-order valence-corrected chi connectivity index (χ2v) is 8.14. The molecule has 0 atom stereocenters. The molecule has 0 spiro atoms. The first-order valence-corrected chi connectivity index (χ1v) is 10.6. The van der Waals surface area contributed by atoms with Crippen LogP contribution in [0.3, 0.4) is 0 Å². The fourth-order valence-electron chi connectivity index (χ4n) is 4.11. The van der Waals surface area contributed by atoms with Crippen molar-refractivity contribution in [2.45, 2.75) is 44.6 Å². The third-order valence-corrected chi connectivity index (χ3v) is 5.73. The van der Waals surface area contributed by atoms with E-state index >= 15 is 0 Å². The minimum absolute atomic E-state index is 0.0433. The zero-order chi connectivity index (χ0) is 22.7. The number of hydrogen-bond acceptors (Lipinski definition) is 4. The minimum Gasteiger partial charge on any atom is -0.406 e. The molecule has 0 aromatic heterocycles. The molecule has 0 unspecified atom stereocenters. The highest BCUT2D eigenvalue weighted by atomic mass is 19.4. The molecule has 2 amide bonds. The van der Waals surface area contributed by atoms with Crippen LogP contribution in [0, 0.1) is 0 Å². The van der Waals surface area contributed by atoms with Gasteiger partial charge in [0.05, 0.1) is 0 Å². The van der Waals surface area contributed by atoms with Gasteiger partial charge in [-0.1, -0.05) is 18.2 Å². The van der Waals surface area contributed by atoms with E-state index in [0.717, 1.165) is 67.8 Å². The molecule has 6 nitrogen and oxygen atoms in total. The summed E-state index contributed by atoms with van der Waals surface area (Å²) < 4.78 is 41.1. The number of ether oxygens (including phenoxy) is 1. The van der Waals surface area contributed by atoms with Crippen molar-refractivity contribution in [1.82, 2.24) is 10.2 Å². The number of hydrogen-bond donors (Lipinski definition) is 2. The summed E-state index contributed by atoms with van der Waals surface area (Å²) in [6, 6.07) is 11.2. The number of benzene rings is 2. The van der Waals surface area contributed by atoms with Gasteiger partial charge in [0.15, 0.2) is 0 Å². The van der Waals surface area contributed by atoms with E-state index in [-0.39, 0.29) is 17.5 Å². The van der Waals surface area contributed by atoms with Crippen molar-refractivity contribution in [3.63, 3.8) is 0 Å². The Morgan fingerprint density at radius 2 is 1.91 bits per heavy atom. The molecule has 0 bridgehead atoms.